The Morgan fingerprint density at radius 3 is 2.18 bits per heavy atom. The second-order valence-corrected chi connectivity index (χ2v) is 6.11. The number of esters is 1. The molecular formula is C15H22F3NO3. The van der Waals surface area contributed by atoms with Gasteiger partial charge in [0.2, 0.25) is 5.91 Å². The number of hydrogen-bond acceptors (Lipinski definition) is 3. The van der Waals surface area contributed by atoms with Gasteiger partial charge in [-0.2, -0.15) is 13.2 Å². The summed E-state index contributed by atoms with van der Waals surface area (Å²) in [5.74, 6) is -1.43. The molecule has 1 aliphatic heterocycles. The van der Waals surface area contributed by atoms with Crippen LogP contribution in [0.4, 0.5) is 13.2 Å². The highest BCUT2D eigenvalue weighted by Gasteiger charge is 2.62. The third-order valence-electron chi connectivity index (χ3n) is 4.81. The van der Waals surface area contributed by atoms with Gasteiger partial charge >= 0.3 is 12.1 Å². The molecule has 0 aromatic rings. The minimum Gasteiger partial charge on any atom is -0.466 e. The van der Waals surface area contributed by atoms with E-state index in [4.69, 9.17) is 4.74 Å². The Labute approximate surface area is 128 Å². The molecule has 0 aromatic heterocycles. The second kappa shape index (κ2) is 6.46. The molecule has 1 aliphatic carbocycles. The normalized spacial score (nSPS) is 22.6. The van der Waals surface area contributed by atoms with Crippen LogP contribution in [0.3, 0.4) is 0 Å². The SMILES string of the molecule is CCOC(=O)C1CCN(C(=O)C2(C(F)(F)F)CCCC2)CC1. The average Bonchev–Trinajstić information content (AvgIpc) is 2.97. The molecule has 7 heteroatoms. The third kappa shape index (κ3) is 3.08. The summed E-state index contributed by atoms with van der Waals surface area (Å²) in [6.45, 7) is 2.39. The van der Waals surface area contributed by atoms with Gasteiger partial charge in [0, 0.05) is 13.1 Å². The summed E-state index contributed by atoms with van der Waals surface area (Å²) in [5, 5.41) is 0. The van der Waals surface area contributed by atoms with Crippen molar-refractivity contribution >= 4 is 11.9 Å². The van der Waals surface area contributed by atoms with E-state index in [2.05, 4.69) is 0 Å². The number of halogens is 3. The Morgan fingerprint density at radius 2 is 1.73 bits per heavy atom. The highest BCUT2D eigenvalue weighted by molar-refractivity contribution is 5.84. The van der Waals surface area contributed by atoms with Gasteiger partial charge in [0.05, 0.1) is 12.5 Å². The number of carbonyl (C=O) groups excluding carboxylic acids is 2. The van der Waals surface area contributed by atoms with Crippen LogP contribution in [0.2, 0.25) is 0 Å². The lowest BCUT2D eigenvalue weighted by molar-refractivity contribution is -0.226. The molecule has 0 radical (unpaired) electrons. The van der Waals surface area contributed by atoms with Crippen LogP contribution in [-0.4, -0.2) is 42.6 Å². The van der Waals surface area contributed by atoms with Crippen LogP contribution in [0.5, 0.6) is 0 Å². The zero-order valence-electron chi connectivity index (χ0n) is 12.7. The van der Waals surface area contributed by atoms with E-state index in [1.165, 1.54) is 4.90 Å². The maximum Gasteiger partial charge on any atom is 0.403 e. The second-order valence-electron chi connectivity index (χ2n) is 6.11. The number of ether oxygens (including phenoxy) is 1. The average molecular weight is 321 g/mol. The largest absolute Gasteiger partial charge is 0.466 e. The van der Waals surface area contributed by atoms with Gasteiger partial charge in [-0.25, -0.2) is 0 Å². The maximum atomic E-state index is 13.4. The molecule has 2 rings (SSSR count). The number of amides is 1. The Kier molecular flexibility index (Phi) is 5.02. The molecule has 126 valence electrons. The number of piperidine rings is 1. The minimum absolute atomic E-state index is 0.118. The van der Waals surface area contributed by atoms with Crippen molar-refractivity contribution < 1.29 is 27.5 Å². The van der Waals surface area contributed by atoms with E-state index < -0.39 is 17.5 Å². The molecule has 22 heavy (non-hydrogen) atoms. The Morgan fingerprint density at radius 1 is 1.18 bits per heavy atom. The molecule has 0 bridgehead atoms. The molecular weight excluding hydrogens is 299 g/mol. The summed E-state index contributed by atoms with van der Waals surface area (Å²) in [5.41, 5.74) is -2.20. The molecule has 2 aliphatic rings. The topological polar surface area (TPSA) is 46.6 Å². The van der Waals surface area contributed by atoms with Crippen molar-refractivity contribution in [3.05, 3.63) is 0 Å². The van der Waals surface area contributed by atoms with E-state index >= 15 is 0 Å². The van der Waals surface area contributed by atoms with Crippen molar-refractivity contribution in [3.63, 3.8) is 0 Å². The first-order valence-electron chi connectivity index (χ1n) is 7.84. The van der Waals surface area contributed by atoms with Crippen LogP contribution in [-0.2, 0) is 14.3 Å². The first-order valence-corrected chi connectivity index (χ1v) is 7.84. The highest BCUT2D eigenvalue weighted by Crippen LogP contribution is 2.51. The first-order chi connectivity index (χ1) is 10.3. The van der Waals surface area contributed by atoms with Gasteiger partial charge in [0.15, 0.2) is 0 Å². The summed E-state index contributed by atoms with van der Waals surface area (Å²) in [7, 11) is 0. The van der Waals surface area contributed by atoms with Crippen LogP contribution in [0, 0.1) is 11.3 Å². The van der Waals surface area contributed by atoms with Gasteiger partial charge < -0.3 is 9.64 Å². The van der Waals surface area contributed by atoms with E-state index in [9.17, 15) is 22.8 Å². The smallest absolute Gasteiger partial charge is 0.403 e. The predicted molar refractivity (Wildman–Crippen MR) is 72.9 cm³/mol. The zero-order valence-corrected chi connectivity index (χ0v) is 12.7. The molecule has 1 heterocycles. The van der Waals surface area contributed by atoms with Crippen LogP contribution in [0.25, 0.3) is 0 Å². The first kappa shape index (κ1) is 17.1. The maximum absolute atomic E-state index is 13.4. The van der Waals surface area contributed by atoms with Gasteiger partial charge in [-0.3, -0.25) is 9.59 Å². The summed E-state index contributed by atoms with van der Waals surface area (Å²) in [4.78, 5) is 25.4. The fourth-order valence-electron chi connectivity index (χ4n) is 3.48. The molecule has 2 fully saturated rings. The van der Waals surface area contributed by atoms with E-state index in [0.717, 1.165) is 0 Å². The fourth-order valence-corrected chi connectivity index (χ4v) is 3.48. The Bertz CT molecular complexity index is 422. The Balaban J connectivity index is 2.01. The molecule has 1 saturated heterocycles. The number of hydrogen-bond donors (Lipinski definition) is 0. The Hall–Kier alpha value is -1.27. The minimum atomic E-state index is -4.50. The number of nitrogens with zero attached hydrogens (tertiary/aromatic N) is 1. The van der Waals surface area contributed by atoms with Crippen molar-refractivity contribution in [2.75, 3.05) is 19.7 Å². The molecule has 0 aromatic carbocycles. The van der Waals surface area contributed by atoms with Gasteiger partial charge in [-0.05, 0) is 32.6 Å². The van der Waals surface area contributed by atoms with Crippen LogP contribution in [0.15, 0.2) is 0 Å². The fraction of sp³-hybridized carbons (Fsp3) is 0.867. The lowest BCUT2D eigenvalue weighted by Gasteiger charge is -2.38. The van der Waals surface area contributed by atoms with Crippen molar-refractivity contribution in [3.8, 4) is 0 Å². The van der Waals surface area contributed by atoms with Gasteiger partial charge in [0.1, 0.15) is 5.41 Å². The van der Waals surface area contributed by atoms with Gasteiger partial charge in [0.25, 0.3) is 0 Å². The number of likely N-dealkylation sites (tertiary alicyclic amines) is 1. The van der Waals surface area contributed by atoms with Gasteiger partial charge in [-0.15, -0.1) is 0 Å². The number of rotatable bonds is 3. The zero-order chi connectivity index (χ0) is 16.4. The standard InChI is InChI=1S/C15H22F3NO3/c1-2-22-12(20)11-5-9-19(10-6-11)13(21)14(15(16,17)18)7-3-4-8-14/h11H,2-10H2,1H3. The molecule has 0 spiro atoms. The van der Waals surface area contributed by atoms with Crippen molar-refractivity contribution in [2.45, 2.75) is 51.6 Å². The van der Waals surface area contributed by atoms with Crippen molar-refractivity contribution in [1.29, 1.82) is 0 Å². The lowest BCUT2D eigenvalue weighted by Crippen LogP contribution is -2.53. The van der Waals surface area contributed by atoms with Gasteiger partial charge in [-0.1, -0.05) is 12.8 Å². The molecule has 1 amide bonds. The van der Waals surface area contributed by atoms with Crippen LogP contribution >= 0.6 is 0 Å². The monoisotopic (exact) mass is 321 g/mol. The van der Waals surface area contributed by atoms with E-state index in [0.29, 0.717) is 25.7 Å². The number of alkyl halides is 3. The van der Waals surface area contributed by atoms with Crippen molar-refractivity contribution in [1.82, 2.24) is 4.90 Å². The van der Waals surface area contributed by atoms with Crippen LogP contribution in [0.1, 0.15) is 45.4 Å². The molecule has 0 atom stereocenters. The highest BCUT2D eigenvalue weighted by atomic mass is 19.4. The molecule has 1 saturated carbocycles. The predicted octanol–water partition coefficient (Wildman–Crippen LogP) is 2.91. The summed E-state index contributed by atoms with van der Waals surface area (Å²) in [6.07, 6.45) is -3.12. The molecule has 0 N–H and O–H groups in total. The third-order valence-corrected chi connectivity index (χ3v) is 4.81. The number of carbonyl (C=O) groups is 2. The summed E-state index contributed by atoms with van der Waals surface area (Å²) >= 11 is 0. The molecule has 4 nitrogen and oxygen atoms in total. The molecule has 0 unspecified atom stereocenters. The summed E-state index contributed by atoms with van der Waals surface area (Å²) in [6, 6.07) is 0. The van der Waals surface area contributed by atoms with Crippen molar-refractivity contribution in [2.24, 2.45) is 11.3 Å². The quantitative estimate of drug-likeness (QED) is 0.751. The van der Waals surface area contributed by atoms with E-state index in [1.54, 1.807) is 6.92 Å². The van der Waals surface area contributed by atoms with E-state index in [1.807, 2.05) is 0 Å². The van der Waals surface area contributed by atoms with Crippen LogP contribution < -0.4 is 0 Å². The van der Waals surface area contributed by atoms with E-state index in [-0.39, 0.29) is 44.4 Å². The summed E-state index contributed by atoms with van der Waals surface area (Å²) < 4.78 is 45.1. The lowest BCUT2D eigenvalue weighted by atomic mass is 9.82.